The van der Waals surface area contributed by atoms with E-state index in [2.05, 4.69) is 25.3 Å². The number of imidazole rings is 1. The summed E-state index contributed by atoms with van der Waals surface area (Å²) in [5.41, 5.74) is 2.07. The maximum Gasteiger partial charge on any atom is 0.434 e. The lowest BCUT2D eigenvalue weighted by Crippen LogP contribution is -2.11. The SMILES string of the molecule is COc1ncnc(C2CC2)c1-c1ncc(OC(C)C)c(NCc2ccc(-c3nc(C(F)(F)F)cn3C)cc2)n1. The van der Waals surface area contributed by atoms with Crippen LogP contribution in [0.25, 0.3) is 22.8 Å². The standard InChI is InChI=1S/C27H28F3N7O2/c1-15(2)39-19-12-32-24(21-22(17-9-10-17)33-14-34-26(21)38-4)36-23(19)31-11-16-5-7-18(8-6-16)25-35-20(13-37(25)3)27(28,29)30/h5-8,12-15,17H,9-11H2,1-4H3,(H,31,32,36). The van der Waals surface area contributed by atoms with Crippen molar-refractivity contribution >= 4 is 5.82 Å². The number of aryl methyl sites for hydroxylation is 1. The minimum absolute atomic E-state index is 0.102. The number of methoxy groups -OCH3 is 1. The molecule has 0 aliphatic heterocycles. The Bertz CT molecular complexity index is 1470. The third-order valence-electron chi connectivity index (χ3n) is 6.18. The van der Waals surface area contributed by atoms with Gasteiger partial charge in [0.1, 0.15) is 17.7 Å². The predicted molar refractivity (Wildman–Crippen MR) is 138 cm³/mol. The van der Waals surface area contributed by atoms with Crippen molar-refractivity contribution in [3.8, 4) is 34.4 Å². The molecule has 5 rings (SSSR count). The van der Waals surface area contributed by atoms with Crippen LogP contribution in [0, 0.1) is 0 Å². The number of hydrogen-bond donors (Lipinski definition) is 1. The van der Waals surface area contributed by atoms with Crippen molar-refractivity contribution in [2.75, 3.05) is 12.4 Å². The van der Waals surface area contributed by atoms with Crippen LogP contribution in [0.3, 0.4) is 0 Å². The fourth-order valence-electron chi connectivity index (χ4n) is 4.20. The molecule has 1 aliphatic rings. The van der Waals surface area contributed by atoms with Gasteiger partial charge in [0, 0.05) is 31.3 Å². The van der Waals surface area contributed by atoms with E-state index in [4.69, 9.17) is 14.5 Å². The Morgan fingerprint density at radius 3 is 2.44 bits per heavy atom. The van der Waals surface area contributed by atoms with Crippen molar-refractivity contribution in [1.82, 2.24) is 29.5 Å². The van der Waals surface area contributed by atoms with Gasteiger partial charge in [0.05, 0.1) is 25.1 Å². The molecule has 0 radical (unpaired) electrons. The molecule has 3 aromatic heterocycles. The first-order valence-corrected chi connectivity index (χ1v) is 12.5. The van der Waals surface area contributed by atoms with Gasteiger partial charge < -0.3 is 19.4 Å². The van der Waals surface area contributed by atoms with Crippen molar-refractivity contribution in [3.63, 3.8) is 0 Å². The van der Waals surface area contributed by atoms with Crippen LogP contribution >= 0.6 is 0 Å². The Morgan fingerprint density at radius 1 is 1.08 bits per heavy atom. The predicted octanol–water partition coefficient (Wildman–Crippen LogP) is 5.64. The number of anilines is 1. The second kappa shape index (κ2) is 10.5. The molecule has 0 spiro atoms. The van der Waals surface area contributed by atoms with E-state index in [9.17, 15) is 13.2 Å². The van der Waals surface area contributed by atoms with Gasteiger partial charge in [0.15, 0.2) is 23.1 Å². The summed E-state index contributed by atoms with van der Waals surface area (Å²) in [5, 5.41) is 3.31. The van der Waals surface area contributed by atoms with E-state index in [1.54, 1.807) is 25.4 Å². The van der Waals surface area contributed by atoms with Crippen LogP contribution in [-0.2, 0) is 19.8 Å². The number of ether oxygens (including phenoxy) is 2. The largest absolute Gasteiger partial charge is 0.486 e. The molecule has 9 nitrogen and oxygen atoms in total. The summed E-state index contributed by atoms with van der Waals surface area (Å²) in [5.74, 6) is 2.38. The summed E-state index contributed by atoms with van der Waals surface area (Å²) >= 11 is 0. The number of rotatable bonds is 9. The molecule has 0 amide bonds. The molecule has 1 aliphatic carbocycles. The first-order valence-electron chi connectivity index (χ1n) is 12.5. The van der Waals surface area contributed by atoms with Gasteiger partial charge in [-0.15, -0.1) is 0 Å². The van der Waals surface area contributed by atoms with Crippen molar-refractivity contribution in [3.05, 3.63) is 59.9 Å². The Morgan fingerprint density at radius 2 is 1.82 bits per heavy atom. The van der Waals surface area contributed by atoms with Crippen LogP contribution in [0.2, 0.25) is 0 Å². The van der Waals surface area contributed by atoms with E-state index < -0.39 is 11.9 Å². The number of halogens is 3. The minimum atomic E-state index is -4.50. The third kappa shape index (κ3) is 5.79. The van der Waals surface area contributed by atoms with Gasteiger partial charge >= 0.3 is 6.18 Å². The number of hydrogen-bond acceptors (Lipinski definition) is 8. The van der Waals surface area contributed by atoms with E-state index in [0.29, 0.717) is 46.9 Å². The highest BCUT2D eigenvalue weighted by atomic mass is 19.4. The number of aromatic nitrogens is 6. The molecule has 204 valence electrons. The second-order valence-corrected chi connectivity index (χ2v) is 9.60. The quantitative estimate of drug-likeness (QED) is 0.292. The Balaban J connectivity index is 1.41. The summed E-state index contributed by atoms with van der Waals surface area (Å²) < 4.78 is 52.0. The highest BCUT2D eigenvalue weighted by molar-refractivity contribution is 5.68. The molecule has 0 unspecified atom stereocenters. The topological polar surface area (TPSA) is 99.9 Å². The highest BCUT2D eigenvalue weighted by Crippen LogP contribution is 2.45. The molecule has 0 bridgehead atoms. The molecule has 3 heterocycles. The Kier molecular flexibility index (Phi) is 7.11. The Labute approximate surface area is 223 Å². The van der Waals surface area contributed by atoms with E-state index in [1.165, 1.54) is 17.9 Å². The summed E-state index contributed by atoms with van der Waals surface area (Å²) in [7, 11) is 3.09. The minimum Gasteiger partial charge on any atom is -0.486 e. The molecule has 1 fully saturated rings. The van der Waals surface area contributed by atoms with E-state index in [0.717, 1.165) is 30.3 Å². The number of alkyl halides is 3. The Hall–Kier alpha value is -4.22. The second-order valence-electron chi connectivity index (χ2n) is 9.60. The van der Waals surface area contributed by atoms with E-state index >= 15 is 0 Å². The van der Waals surface area contributed by atoms with Crippen molar-refractivity contribution in [2.24, 2.45) is 7.05 Å². The van der Waals surface area contributed by atoms with Gasteiger partial charge in [0.2, 0.25) is 5.88 Å². The molecule has 0 saturated heterocycles. The van der Waals surface area contributed by atoms with Crippen molar-refractivity contribution in [1.29, 1.82) is 0 Å². The van der Waals surface area contributed by atoms with Gasteiger partial charge in [-0.1, -0.05) is 24.3 Å². The van der Waals surface area contributed by atoms with Crippen LogP contribution in [0.15, 0.2) is 43.0 Å². The molecule has 4 aromatic rings. The van der Waals surface area contributed by atoms with Crippen LogP contribution in [0.4, 0.5) is 19.0 Å². The zero-order chi connectivity index (χ0) is 27.7. The lowest BCUT2D eigenvalue weighted by molar-refractivity contribution is -0.140. The first kappa shape index (κ1) is 26.4. The zero-order valence-corrected chi connectivity index (χ0v) is 22.0. The summed E-state index contributed by atoms with van der Waals surface area (Å²) in [6.07, 6.45) is 1.57. The van der Waals surface area contributed by atoms with Gasteiger partial charge in [0.25, 0.3) is 0 Å². The summed E-state index contributed by atoms with van der Waals surface area (Å²) in [6, 6.07) is 7.14. The molecule has 1 aromatic carbocycles. The summed E-state index contributed by atoms with van der Waals surface area (Å²) in [4.78, 5) is 21.8. The van der Waals surface area contributed by atoms with Crippen LogP contribution < -0.4 is 14.8 Å². The molecular weight excluding hydrogens is 511 g/mol. The summed E-state index contributed by atoms with van der Waals surface area (Å²) in [6.45, 7) is 4.21. The van der Waals surface area contributed by atoms with Gasteiger partial charge in [-0.05, 0) is 32.3 Å². The van der Waals surface area contributed by atoms with Crippen LogP contribution in [-0.4, -0.2) is 42.7 Å². The van der Waals surface area contributed by atoms with Crippen molar-refractivity contribution in [2.45, 2.75) is 51.4 Å². The fourth-order valence-corrected chi connectivity index (χ4v) is 4.20. The molecule has 1 N–H and O–H groups in total. The number of nitrogens with zero attached hydrogens (tertiary/aromatic N) is 6. The van der Waals surface area contributed by atoms with E-state index in [1.807, 2.05) is 26.0 Å². The fraction of sp³-hybridized carbons (Fsp3) is 0.370. The molecular formula is C27H28F3N7O2. The normalized spacial score (nSPS) is 13.5. The van der Waals surface area contributed by atoms with Crippen molar-refractivity contribution < 1.29 is 22.6 Å². The molecule has 0 atom stereocenters. The average Bonchev–Trinajstić information content (AvgIpc) is 3.68. The molecule has 39 heavy (non-hydrogen) atoms. The lowest BCUT2D eigenvalue weighted by atomic mass is 10.1. The average molecular weight is 540 g/mol. The number of nitrogens with one attached hydrogen (secondary N) is 1. The van der Waals surface area contributed by atoms with Gasteiger partial charge in [-0.2, -0.15) is 13.2 Å². The van der Waals surface area contributed by atoms with Gasteiger partial charge in [-0.25, -0.2) is 24.9 Å². The zero-order valence-electron chi connectivity index (χ0n) is 22.0. The lowest BCUT2D eigenvalue weighted by Gasteiger charge is -2.17. The first-order chi connectivity index (χ1) is 18.6. The van der Waals surface area contributed by atoms with E-state index in [-0.39, 0.29) is 11.9 Å². The third-order valence-corrected chi connectivity index (χ3v) is 6.18. The highest BCUT2D eigenvalue weighted by Gasteiger charge is 2.34. The number of benzene rings is 1. The smallest absolute Gasteiger partial charge is 0.434 e. The maximum absolute atomic E-state index is 13.1. The maximum atomic E-state index is 13.1. The molecule has 1 saturated carbocycles. The molecule has 12 heteroatoms. The van der Waals surface area contributed by atoms with Crippen LogP contribution in [0.5, 0.6) is 11.6 Å². The monoisotopic (exact) mass is 539 g/mol. The van der Waals surface area contributed by atoms with Gasteiger partial charge in [-0.3, -0.25) is 0 Å². The van der Waals surface area contributed by atoms with Crippen LogP contribution in [0.1, 0.15) is 49.6 Å².